The van der Waals surface area contributed by atoms with Gasteiger partial charge < -0.3 is 19.7 Å². The molecule has 1 heterocycles. The van der Waals surface area contributed by atoms with E-state index >= 15 is 0 Å². The van der Waals surface area contributed by atoms with Crippen LogP contribution in [0.4, 0.5) is 4.79 Å². The van der Waals surface area contributed by atoms with E-state index in [1.807, 2.05) is 30.3 Å². The third-order valence-electron chi connectivity index (χ3n) is 5.88. The van der Waals surface area contributed by atoms with Gasteiger partial charge in [-0.2, -0.15) is 0 Å². The average molecular weight is 402 g/mol. The van der Waals surface area contributed by atoms with Gasteiger partial charge in [-0.05, 0) is 37.2 Å². The summed E-state index contributed by atoms with van der Waals surface area (Å²) in [6.07, 6.45) is 5.71. The van der Waals surface area contributed by atoms with Gasteiger partial charge in [-0.25, -0.2) is 9.59 Å². The van der Waals surface area contributed by atoms with Crippen LogP contribution in [0.3, 0.4) is 0 Å². The SMILES string of the molecule is COC(=O)N[C@@H](C(=O)N1CCC[C@H]1C(=O)OCc1ccccc1)C1CCCCC1. The second-order valence-electron chi connectivity index (χ2n) is 7.79. The summed E-state index contributed by atoms with van der Waals surface area (Å²) in [5.74, 6) is -0.529. The molecule has 2 atom stereocenters. The first kappa shape index (κ1) is 21.1. The van der Waals surface area contributed by atoms with E-state index < -0.39 is 18.2 Å². The van der Waals surface area contributed by atoms with Gasteiger partial charge in [0.15, 0.2) is 0 Å². The fourth-order valence-electron chi connectivity index (χ4n) is 4.31. The largest absolute Gasteiger partial charge is 0.459 e. The molecule has 0 bridgehead atoms. The van der Waals surface area contributed by atoms with E-state index in [2.05, 4.69) is 5.32 Å². The van der Waals surface area contributed by atoms with E-state index in [0.29, 0.717) is 13.0 Å². The van der Waals surface area contributed by atoms with Gasteiger partial charge in [-0.15, -0.1) is 0 Å². The molecule has 3 rings (SSSR count). The fourth-order valence-corrected chi connectivity index (χ4v) is 4.31. The normalized spacial score (nSPS) is 20.7. The molecule has 0 radical (unpaired) electrons. The number of carbonyl (C=O) groups is 3. The minimum Gasteiger partial charge on any atom is -0.459 e. The molecule has 158 valence electrons. The predicted octanol–water partition coefficient (Wildman–Crippen LogP) is 3.03. The van der Waals surface area contributed by atoms with Crippen LogP contribution in [0.25, 0.3) is 0 Å². The van der Waals surface area contributed by atoms with Gasteiger partial charge in [-0.1, -0.05) is 49.6 Å². The monoisotopic (exact) mass is 402 g/mol. The maximum atomic E-state index is 13.3. The van der Waals surface area contributed by atoms with E-state index in [1.54, 1.807) is 4.90 Å². The van der Waals surface area contributed by atoms with Crippen molar-refractivity contribution in [2.24, 2.45) is 5.92 Å². The number of hydrogen-bond acceptors (Lipinski definition) is 5. The summed E-state index contributed by atoms with van der Waals surface area (Å²) in [6.45, 7) is 0.681. The van der Waals surface area contributed by atoms with Crippen molar-refractivity contribution in [2.75, 3.05) is 13.7 Å². The molecule has 2 fully saturated rings. The molecule has 1 saturated carbocycles. The lowest BCUT2D eigenvalue weighted by molar-refractivity contribution is -0.155. The molecule has 0 aromatic heterocycles. The minimum absolute atomic E-state index is 0.0666. The average Bonchev–Trinajstić information content (AvgIpc) is 3.26. The zero-order valence-corrected chi connectivity index (χ0v) is 17.0. The number of carbonyl (C=O) groups excluding carboxylic acids is 3. The Morgan fingerprint density at radius 2 is 1.79 bits per heavy atom. The molecule has 1 N–H and O–H groups in total. The van der Waals surface area contributed by atoms with Crippen LogP contribution in [0.2, 0.25) is 0 Å². The highest BCUT2D eigenvalue weighted by Crippen LogP contribution is 2.29. The maximum Gasteiger partial charge on any atom is 0.407 e. The first-order chi connectivity index (χ1) is 14.1. The van der Waals surface area contributed by atoms with Crippen LogP contribution in [0.5, 0.6) is 0 Å². The van der Waals surface area contributed by atoms with Gasteiger partial charge in [0.05, 0.1) is 7.11 Å². The molecular formula is C22H30N2O5. The van der Waals surface area contributed by atoms with Crippen molar-refractivity contribution < 1.29 is 23.9 Å². The number of nitrogens with zero attached hydrogens (tertiary/aromatic N) is 1. The van der Waals surface area contributed by atoms with Crippen molar-refractivity contribution in [1.82, 2.24) is 10.2 Å². The number of hydrogen-bond donors (Lipinski definition) is 1. The van der Waals surface area contributed by atoms with Crippen molar-refractivity contribution in [3.63, 3.8) is 0 Å². The van der Waals surface area contributed by atoms with Crippen molar-refractivity contribution in [1.29, 1.82) is 0 Å². The van der Waals surface area contributed by atoms with Gasteiger partial charge in [-0.3, -0.25) is 4.79 Å². The van der Waals surface area contributed by atoms with E-state index in [9.17, 15) is 14.4 Å². The first-order valence-corrected chi connectivity index (χ1v) is 10.5. The van der Waals surface area contributed by atoms with Gasteiger partial charge in [0, 0.05) is 6.54 Å². The summed E-state index contributed by atoms with van der Waals surface area (Å²) in [4.78, 5) is 39.5. The standard InChI is InChI=1S/C22H30N2O5/c1-28-22(27)23-19(17-11-6-3-7-12-17)20(25)24-14-8-13-18(24)21(26)29-15-16-9-4-2-5-10-16/h2,4-5,9-10,17-19H,3,6-8,11-15H2,1H3,(H,23,27)/t18-,19+/m0/s1. The van der Waals surface area contributed by atoms with Crippen LogP contribution in [0, 0.1) is 5.92 Å². The van der Waals surface area contributed by atoms with Crippen molar-refractivity contribution >= 4 is 18.0 Å². The molecule has 7 nitrogen and oxygen atoms in total. The summed E-state index contributed by atoms with van der Waals surface area (Å²) < 4.78 is 10.2. The van der Waals surface area contributed by atoms with Crippen LogP contribution < -0.4 is 5.32 Å². The number of esters is 1. The lowest BCUT2D eigenvalue weighted by Gasteiger charge is -2.34. The van der Waals surface area contributed by atoms with Crippen LogP contribution in [0.1, 0.15) is 50.5 Å². The Morgan fingerprint density at radius 3 is 2.48 bits per heavy atom. The molecule has 0 spiro atoms. The first-order valence-electron chi connectivity index (χ1n) is 10.5. The Hall–Kier alpha value is -2.57. The van der Waals surface area contributed by atoms with Crippen LogP contribution in [-0.2, 0) is 25.7 Å². The van der Waals surface area contributed by atoms with Gasteiger partial charge in [0.2, 0.25) is 5.91 Å². The second-order valence-corrected chi connectivity index (χ2v) is 7.79. The number of rotatable bonds is 6. The Bertz CT molecular complexity index is 702. The summed E-state index contributed by atoms with van der Waals surface area (Å²) in [7, 11) is 1.29. The van der Waals surface area contributed by atoms with Crippen molar-refractivity contribution in [3.05, 3.63) is 35.9 Å². The molecule has 2 aliphatic rings. The number of alkyl carbamates (subject to hydrolysis) is 1. The van der Waals surface area contributed by atoms with E-state index in [0.717, 1.165) is 44.1 Å². The summed E-state index contributed by atoms with van der Waals surface area (Å²) in [6, 6.07) is 8.21. The second kappa shape index (κ2) is 10.3. The molecule has 0 unspecified atom stereocenters. The van der Waals surface area contributed by atoms with Crippen LogP contribution in [0.15, 0.2) is 30.3 Å². The third kappa shape index (κ3) is 5.49. The quantitative estimate of drug-likeness (QED) is 0.740. The Labute approximate surface area is 171 Å². The molecular weight excluding hydrogens is 372 g/mol. The van der Waals surface area contributed by atoms with Gasteiger partial charge in [0.1, 0.15) is 18.7 Å². The highest BCUT2D eigenvalue weighted by Gasteiger charge is 2.41. The molecule has 1 aliphatic heterocycles. The number of nitrogens with one attached hydrogen (secondary N) is 1. The number of likely N-dealkylation sites (tertiary alicyclic amines) is 1. The minimum atomic E-state index is -0.662. The predicted molar refractivity (Wildman–Crippen MR) is 107 cm³/mol. The summed E-state index contributed by atoms with van der Waals surface area (Å²) in [5.41, 5.74) is 0.907. The molecule has 7 heteroatoms. The number of methoxy groups -OCH3 is 1. The van der Waals surface area contributed by atoms with E-state index in [4.69, 9.17) is 9.47 Å². The molecule has 1 saturated heterocycles. The highest BCUT2D eigenvalue weighted by atomic mass is 16.5. The van der Waals surface area contributed by atoms with Crippen LogP contribution >= 0.6 is 0 Å². The molecule has 1 aromatic carbocycles. The van der Waals surface area contributed by atoms with Crippen molar-refractivity contribution in [2.45, 2.75) is 63.6 Å². The lowest BCUT2D eigenvalue weighted by atomic mass is 9.83. The zero-order chi connectivity index (χ0) is 20.6. The number of ether oxygens (including phenoxy) is 2. The maximum absolute atomic E-state index is 13.3. The van der Waals surface area contributed by atoms with E-state index in [-0.39, 0.29) is 24.4 Å². The molecule has 1 aliphatic carbocycles. The third-order valence-corrected chi connectivity index (χ3v) is 5.88. The van der Waals surface area contributed by atoms with E-state index in [1.165, 1.54) is 7.11 Å². The highest BCUT2D eigenvalue weighted by molar-refractivity contribution is 5.90. The molecule has 1 aromatic rings. The Morgan fingerprint density at radius 1 is 1.07 bits per heavy atom. The van der Waals surface area contributed by atoms with Crippen molar-refractivity contribution in [3.8, 4) is 0 Å². The topological polar surface area (TPSA) is 84.9 Å². The Kier molecular flexibility index (Phi) is 7.49. The summed E-state index contributed by atoms with van der Waals surface area (Å²) in [5, 5.41) is 2.73. The lowest BCUT2D eigenvalue weighted by Crippen LogP contribution is -2.55. The van der Waals surface area contributed by atoms with Crippen LogP contribution in [-0.4, -0.2) is 48.6 Å². The van der Waals surface area contributed by atoms with Gasteiger partial charge in [0.25, 0.3) is 0 Å². The zero-order valence-electron chi connectivity index (χ0n) is 17.0. The molecule has 29 heavy (non-hydrogen) atoms. The van der Waals surface area contributed by atoms with Gasteiger partial charge >= 0.3 is 12.1 Å². The fraction of sp³-hybridized carbons (Fsp3) is 0.591. The molecule has 2 amide bonds. The number of benzene rings is 1. The number of amides is 2. The Balaban J connectivity index is 1.66. The smallest absolute Gasteiger partial charge is 0.407 e. The summed E-state index contributed by atoms with van der Waals surface area (Å²) >= 11 is 0.